The van der Waals surface area contributed by atoms with Gasteiger partial charge in [-0.3, -0.25) is 4.79 Å². The van der Waals surface area contributed by atoms with Crippen LogP contribution in [0.1, 0.15) is 58.3 Å². The van der Waals surface area contributed by atoms with Crippen molar-refractivity contribution in [2.45, 2.75) is 58.3 Å². The van der Waals surface area contributed by atoms with Gasteiger partial charge >= 0.3 is 0 Å². The van der Waals surface area contributed by atoms with E-state index in [4.69, 9.17) is 4.55 Å². The number of unbranched alkanes of at least 4 members (excludes halogenated alkanes) is 6. The molecule has 0 saturated heterocycles. The molecule has 1 atom stereocenters. The van der Waals surface area contributed by atoms with Crippen LogP contribution in [0.15, 0.2) is 0 Å². The molecule has 0 aliphatic carbocycles. The fourth-order valence-corrected chi connectivity index (χ4v) is 1.63. The summed E-state index contributed by atoms with van der Waals surface area (Å²) in [5.41, 5.74) is 0. The Labute approximate surface area is 88.6 Å². The molecule has 3 nitrogen and oxygen atoms in total. The van der Waals surface area contributed by atoms with E-state index in [0.717, 1.165) is 19.3 Å². The molecule has 0 saturated carbocycles. The van der Waals surface area contributed by atoms with E-state index >= 15 is 0 Å². The predicted molar refractivity (Wildman–Crippen MR) is 58.4 cm³/mol. The maximum Gasteiger partial charge on any atom is 0.246 e. The third-order valence-corrected chi connectivity index (χ3v) is 2.77. The summed E-state index contributed by atoms with van der Waals surface area (Å²) in [6.07, 6.45) is 8.11. The van der Waals surface area contributed by atoms with E-state index in [2.05, 4.69) is 6.92 Å². The normalized spacial score (nSPS) is 12.7. The van der Waals surface area contributed by atoms with Crippen molar-refractivity contribution in [2.24, 2.45) is 0 Å². The second kappa shape index (κ2) is 9.34. The Morgan fingerprint density at radius 1 is 1.07 bits per heavy atom. The summed E-state index contributed by atoms with van der Waals surface area (Å²) in [6.45, 7) is 2.18. The van der Waals surface area contributed by atoms with Crippen molar-refractivity contribution in [3.05, 3.63) is 0 Å². The second-order valence-corrected chi connectivity index (χ2v) is 4.45. The van der Waals surface area contributed by atoms with Gasteiger partial charge in [-0.15, -0.1) is 0 Å². The summed E-state index contributed by atoms with van der Waals surface area (Å²) in [5, 5.41) is -0.543. The minimum Gasteiger partial charge on any atom is -0.300 e. The lowest BCUT2D eigenvalue weighted by molar-refractivity contribution is -0.111. The Morgan fingerprint density at radius 3 is 2.07 bits per heavy atom. The molecule has 84 valence electrons. The lowest BCUT2D eigenvalue weighted by Gasteiger charge is -1.99. The monoisotopic (exact) mass is 220 g/mol. The summed E-state index contributed by atoms with van der Waals surface area (Å²) in [5.74, 6) is 0. The van der Waals surface area contributed by atoms with Gasteiger partial charge in [-0.1, -0.05) is 45.4 Å². The van der Waals surface area contributed by atoms with E-state index in [1.807, 2.05) is 0 Å². The lowest BCUT2D eigenvalue weighted by atomic mass is 10.1. The zero-order valence-corrected chi connectivity index (χ0v) is 9.65. The molecular weight excluding hydrogens is 200 g/mol. The van der Waals surface area contributed by atoms with Crippen molar-refractivity contribution in [2.75, 3.05) is 0 Å². The summed E-state index contributed by atoms with van der Waals surface area (Å²) >= 11 is -2.26. The highest BCUT2D eigenvalue weighted by Crippen LogP contribution is 2.08. The Hall–Kier alpha value is -0.220. The van der Waals surface area contributed by atoms with Crippen molar-refractivity contribution in [3.8, 4) is 0 Å². The maximum atomic E-state index is 10.7. The van der Waals surface area contributed by atoms with Crippen LogP contribution < -0.4 is 0 Å². The van der Waals surface area contributed by atoms with E-state index < -0.39 is 16.2 Å². The van der Waals surface area contributed by atoms with Gasteiger partial charge in [0.15, 0.2) is 0 Å². The van der Waals surface area contributed by atoms with Gasteiger partial charge in [-0.2, -0.15) is 0 Å². The molecule has 0 aliphatic rings. The first-order valence-corrected chi connectivity index (χ1v) is 6.42. The molecule has 0 aromatic rings. The van der Waals surface area contributed by atoms with Crippen LogP contribution in [0.2, 0.25) is 0 Å². The fourth-order valence-electron chi connectivity index (χ4n) is 1.31. The topological polar surface area (TPSA) is 54.4 Å². The molecule has 1 unspecified atom stereocenters. The van der Waals surface area contributed by atoms with E-state index in [9.17, 15) is 9.00 Å². The molecule has 0 rings (SSSR count). The predicted octanol–water partition coefficient (Wildman–Crippen LogP) is 2.88. The number of hydrogen-bond donors (Lipinski definition) is 1. The zero-order chi connectivity index (χ0) is 10.8. The van der Waals surface area contributed by atoms with Crippen LogP contribution in [0.3, 0.4) is 0 Å². The van der Waals surface area contributed by atoms with Crippen molar-refractivity contribution in [1.29, 1.82) is 0 Å². The summed E-state index contributed by atoms with van der Waals surface area (Å²) in [4.78, 5) is 10.7. The molecular formula is C10H20O3S. The molecule has 1 N–H and O–H groups in total. The third kappa shape index (κ3) is 8.38. The van der Waals surface area contributed by atoms with Crippen LogP contribution >= 0.6 is 0 Å². The van der Waals surface area contributed by atoms with Crippen LogP contribution in [0, 0.1) is 0 Å². The standard InChI is InChI=1S/C10H20O3S/c1-2-3-4-5-6-7-8-9-10(11)14(12)13/h2-9H2,1H3,(H,12,13). The third-order valence-electron chi connectivity index (χ3n) is 2.18. The van der Waals surface area contributed by atoms with Crippen LogP contribution in [0.5, 0.6) is 0 Å². The van der Waals surface area contributed by atoms with Crippen LogP contribution in [-0.2, 0) is 15.9 Å². The van der Waals surface area contributed by atoms with Gasteiger partial charge in [-0.05, 0) is 6.42 Å². The Bertz CT molecular complexity index is 180. The molecule has 0 amide bonds. The largest absolute Gasteiger partial charge is 0.300 e. The highest BCUT2D eigenvalue weighted by atomic mass is 32.2. The number of carbonyl (C=O) groups is 1. The molecule has 14 heavy (non-hydrogen) atoms. The molecule has 0 spiro atoms. The number of hydrogen-bond acceptors (Lipinski definition) is 2. The lowest BCUT2D eigenvalue weighted by Crippen LogP contribution is -2.04. The van der Waals surface area contributed by atoms with Gasteiger partial charge in [0.2, 0.25) is 16.2 Å². The second-order valence-electron chi connectivity index (χ2n) is 3.49. The minimum atomic E-state index is -2.26. The van der Waals surface area contributed by atoms with E-state index in [1.54, 1.807) is 0 Å². The summed E-state index contributed by atoms with van der Waals surface area (Å²) in [6, 6.07) is 0. The molecule has 0 radical (unpaired) electrons. The highest BCUT2D eigenvalue weighted by Gasteiger charge is 2.06. The van der Waals surface area contributed by atoms with Gasteiger partial charge in [-0.25, -0.2) is 4.21 Å². The maximum absolute atomic E-state index is 10.7. The van der Waals surface area contributed by atoms with Crippen LogP contribution in [-0.4, -0.2) is 13.9 Å². The smallest absolute Gasteiger partial charge is 0.246 e. The van der Waals surface area contributed by atoms with Gasteiger partial charge in [0, 0.05) is 6.42 Å². The Kier molecular flexibility index (Phi) is 9.19. The van der Waals surface area contributed by atoms with Crippen molar-refractivity contribution in [1.82, 2.24) is 0 Å². The zero-order valence-electron chi connectivity index (χ0n) is 8.83. The van der Waals surface area contributed by atoms with Crippen LogP contribution in [0.4, 0.5) is 0 Å². The average molecular weight is 220 g/mol. The summed E-state index contributed by atoms with van der Waals surface area (Å²) in [7, 11) is 0. The molecule has 4 heteroatoms. The van der Waals surface area contributed by atoms with E-state index in [-0.39, 0.29) is 6.42 Å². The highest BCUT2D eigenvalue weighted by molar-refractivity contribution is 7.95. The summed E-state index contributed by atoms with van der Waals surface area (Å²) < 4.78 is 18.7. The van der Waals surface area contributed by atoms with E-state index in [0.29, 0.717) is 0 Å². The van der Waals surface area contributed by atoms with Crippen LogP contribution in [0.25, 0.3) is 0 Å². The Morgan fingerprint density at radius 2 is 1.57 bits per heavy atom. The number of carbonyl (C=O) groups excluding carboxylic acids is 1. The molecule has 0 fully saturated rings. The van der Waals surface area contributed by atoms with Gasteiger partial charge in [0.25, 0.3) is 0 Å². The van der Waals surface area contributed by atoms with Crippen molar-refractivity contribution in [3.63, 3.8) is 0 Å². The first-order chi connectivity index (χ1) is 6.68. The SMILES string of the molecule is CCCCCCCCCC(=O)S(=O)O. The molecule has 0 aromatic carbocycles. The molecule has 0 aliphatic heterocycles. The van der Waals surface area contributed by atoms with E-state index in [1.165, 1.54) is 25.7 Å². The molecule has 0 heterocycles. The fraction of sp³-hybridized carbons (Fsp3) is 0.900. The molecule has 0 bridgehead atoms. The quantitative estimate of drug-likeness (QED) is 0.505. The van der Waals surface area contributed by atoms with Crippen molar-refractivity contribution >= 4 is 16.2 Å². The first-order valence-electron chi connectivity index (χ1n) is 5.32. The van der Waals surface area contributed by atoms with Gasteiger partial charge in [0.1, 0.15) is 0 Å². The number of rotatable bonds is 8. The average Bonchev–Trinajstić information content (AvgIpc) is 2.16. The Balaban J connectivity index is 3.13. The molecule has 0 aromatic heterocycles. The van der Waals surface area contributed by atoms with Crippen molar-refractivity contribution < 1.29 is 13.6 Å². The van der Waals surface area contributed by atoms with Gasteiger partial charge < -0.3 is 4.55 Å². The minimum absolute atomic E-state index is 0.247. The first kappa shape index (κ1) is 13.8. The van der Waals surface area contributed by atoms with Gasteiger partial charge in [0.05, 0.1) is 0 Å².